The Bertz CT molecular complexity index is 540. The van der Waals surface area contributed by atoms with E-state index in [4.69, 9.17) is 9.15 Å². The van der Waals surface area contributed by atoms with Gasteiger partial charge in [0, 0.05) is 26.2 Å². The van der Waals surface area contributed by atoms with Gasteiger partial charge >= 0.3 is 0 Å². The van der Waals surface area contributed by atoms with Crippen molar-refractivity contribution in [2.75, 3.05) is 39.3 Å². The highest BCUT2D eigenvalue weighted by molar-refractivity contribution is 5.82. The first-order valence-electron chi connectivity index (χ1n) is 8.64. The van der Waals surface area contributed by atoms with E-state index in [1.54, 1.807) is 12.3 Å². The number of carbonyl (C=O) groups excluding carboxylic acids is 2. The van der Waals surface area contributed by atoms with Crippen LogP contribution in [0.15, 0.2) is 22.8 Å². The Labute approximate surface area is 141 Å². The van der Waals surface area contributed by atoms with Gasteiger partial charge < -0.3 is 19.4 Å². The molecule has 1 atom stereocenters. The maximum absolute atomic E-state index is 12.5. The number of morpholine rings is 1. The molecule has 3 rings (SSSR count). The summed E-state index contributed by atoms with van der Waals surface area (Å²) in [5.41, 5.74) is 0. The third-order valence-corrected chi connectivity index (χ3v) is 4.50. The molecule has 2 aliphatic heterocycles. The first-order valence-corrected chi connectivity index (χ1v) is 8.64. The number of rotatable bonds is 5. The number of nitrogens with one attached hydrogen (secondary N) is 1. The van der Waals surface area contributed by atoms with Crippen molar-refractivity contribution >= 4 is 11.8 Å². The zero-order valence-corrected chi connectivity index (χ0v) is 13.9. The number of hydrogen-bond acceptors (Lipinski definition) is 5. The molecule has 2 fully saturated rings. The summed E-state index contributed by atoms with van der Waals surface area (Å²) >= 11 is 0. The number of piperidine rings is 1. The average molecular weight is 335 g/mol. The van der Waals surface area contributed by atoms with Crippen molar-refractivity contribution in [3.05, 3.63) is 24.2 Å². The minimum Gasteiger partial charge on any atom is -0.467 e. The SMILES string of the molecule is O=C(CN1CCOC(C(=O)N2CCCCC2)C1)NCc1ccco1. The van der Waals surface area contributed by atoms with Crippen LogP contribution in [0.3, 0.4) is 0 Å². The summed E-state index contributed by atoms with van der Waals surface area (Å²) in [6.45, 7) is 3.92. The molecule has 0 saturated carbocycles. The summed E-state index contributed by atoms with van der Waals surface area (Å²) in [6, 6.07) is 3.61. The van der Waals surface area contributed by atoms with E-state index in [0.717, 1.165) is 31.7 Å². The first kappa shape index (κ1) is 17.0. The lowest BCUT2D eigenvalue weighted by Gasteiger charge is -2.35. The van der Waals surface area contributed by atoms with Crippen molar-refractivity contribution < 1.29 is 18.7 Å². The minimum atomic E-state index is -0.449. The number of hydrogen-bond donors (Lipinski definition) is 1. The third kappa shape index (κ3) is 4.58. The van der Waals surface area contributed by atoms with Gasteiger partial charge in [0.2, 0.25) is 5.91 Å². The van der Waals surface area contributed by atoms with E-state index < -0.39 is 6.10 Å². The molecule has 0 bridgehead atoms. The smallest absolute Gasteiger partial charge is 0.253 e. The number of furan rings is 1. The molecule has 1 aromatic rings. The monoisotopic (exact) mass is 335 g/mol. The van der Waals surface area contributed by atoms with Gasteiger partial charge in [-0.05, 0) is 31.4 Å². The Morgan fingerprint density at radius 1 is 1.21 bits per heavy atom. The summed E-state index contributed by atoms with van der Waals surface area (Å²) < 4.78 is 10.8. The van der Waals surface area contributed by atoms with Gasteiger partial charge in [-0.3, -0.25) is 14.5 Å². The molecule has 3 heterocycles. The van der Waals surface area contributed by atoms with Crippen LogP contribution in [0.25, 0.3) is 0 Å². The summed E-state index contributed by atoms with van der Waals surface area (Å²) in [5.74, 6) is 0.719. The number of amides is 2. The second-order valence-corrected chi connectivity index (χ2v) is 6.34. The zero-order chi connectivity index (χ0) is 16.8. The molecule has 1 N–H and O–H groups in total. The summed E-state index contributed by atoms with van der Waals surface area (Å²) in [5, 5.41) is 2.83. The van der Waals surface area contributed by atoms with E-state index in [0.29, 0.717) is 26.2 Å². The van der Waals surface area contributed by atoms with Crippen LogP contribution in [0.5, 0.6) is 0 Å². The second kappa shape index (κ2) is 8.30. The van der Waals surface area contributed by atoms with E-state index in [-0.39, 0.29) is 18.4 Å². The second-order valence-electron chi connectivity index (χ2n) is 6.34. The number of likely N-dealkylation sites (tertiary alicyclic amines) is 1. The van der Waals surface area contributed by atoms with Crippen molar-refractivity contribution in [2.45, 2.75) is 31.9 Å². The predicted octanol–water partition coefficient (Wildman–Crippen LogP) is 0.609. The predicted molar refractivity (Wildman–Crippen MR) is 87.2 cm³/mol. The third-order valence-electron chi connectivity index (χ3n) is 4.50. The normalized spacial score (nSPS) is 22.3. The highest BCUT2D eigenvalue weighted by atomic mass is 16.5. The first-order chi connectivity index (χ1) is 11.7. The summed E-state index contributed by atoms with van der Waals surface area (Å²) in [4.78, 5) is 28.5. The molecule has 24 heavy (non-hydrogen) atoms. The van der Waals surface area contributed by atoms with Gasteiger partial charge in [0.05, 0.1) is 26.0 Å². The summed E-state index contributed by atoms with van der Waals surface area (Å²) in [7, 11) is 0. The maximum Gasteiger partial charge on any atom is 0.253 e. The molecule has 0 aliphatic carbocycles. The number of nitrogens with zero attached hydrogens (tertiary/aromatic N) is 2. The molecule has 132 valence electrons. The van der Waals surface area contributed by atoms with Crippen LogP contribution in [-0.4, -0.2) is 67.0 Å². The van der Waals surface area contributed by atoms with Gasteiger partial charge in [-0.1, -0.05) is 0 Å². The Kier molecular flexibility index (Phi) is 5.87. The maximum atomic E-state index is 12.5. The van der Waals surface area contributed by atoms with E-state index in [9.17, 15) is 9.59 Å². The molecular weight excluding hydrogens is 310 g/mol. The van der Waals surface area contributed by atoms with Gasteiger partial charge in [0.25, 0.3) is 5.91 Å². The van der Waals surface area contributed by atoms with Gasteiger partial charge in [-0.2, -0.15) is 0 Å². The van der Waals surface area contributed by atoms with Gasteiger partial charge in [-0.25, -0.2) is 0 Å². The molecule has 1 unspecified atom stereocenters. The van der Waals surface area contributed by atoms with Crippen LogP contribution in [0.4, 0.5) is 0 Å². The number of ether oxygens (including phenoxy) is 1. The standard InChI is InChI=1S/C17H25N3O4/c21-16(18-11-14-5-4-9-23-14)13-19-8-10-24-15(12-19)17(22)20-6-2-1-3-7-20/h4-5,9,15H,1-3,6-8,10-13H2,(H,18,21). The topological polar surface area (TPSA) is 75.0 Å². The summed E-state index contributed by atoms with van der Waals surface area (Å²) in [6.07, 6.45) is 4.46. The Morgan fingerprint density at radius 3 is 2.79 bits per heavy atom. The van der Waals surface area contributed by atoms with E-state index in [2.05, 4.69) is 5.32 Å². The fourth-order valence-electron chi connectivity index (χ4n) is 3.17. The number of carbonyl (C=O) groups is 2. The van der Waals surface area contributed by atoms with Crippen molar-refractivity contribution in [1.82, 2.24) is 15.1 Å². The van der Waals surface area contributed by atoms with Crippen molar-refractivity contribution in [2.24, 2.45) is 0 Å². The van der Waals surface area contributed by atoms with E-state index in [1.165, 1.54) is 6.42 Å². The van der Waals surface area contributed by atoms with Gasteiger partial charge in [0.15, 0.2) is 0 Å². The lowest BCUT2D eigenvalue weighted by molar-refractivity contribution is -0.151. The molecule has 2 saturated heterocycles. The lowest BCUT2D eigenvalue weighted by atomic mass is 10.1. The van der Waals surface area contributed by atoms with Crippen molar-refractivity contribution in [1.29, 1.82) is 0 Å². The molecular formula is C17H25N3O4. The molecule has 0 spiro atoms. The van der Waals surface area contributed by atoms with Crippen LogP contribution in [-0.2, 0) is 20.9 Å². The molecule has 2 aliphatic rings. The Balaban J connectivity index is 1.44. The molecule has 0 radical (unpaired) electrons. The molecule has 1 aromatic heterocycles. The van der Waals surface area contributed by atoms with Gasteiger partial charge in [-0.15, -0.1) is 0 Å². The van der Waals surface area contributed by atoms with Crippen LogP contribution in [0.1, 0.15) is 25.0 Å². The van der Waals surface area contributed by atoms with Crippen molar-refractivity contribution in [3.8, 4) is 0 Å². The lowest BCUT2D eigenvalue weighted by Crippen LogP contribution is -2.53. The van der Waals surface area contributed by atoms with Gasteiger partial charge in [0.1, 0.15) is 11.9 Å². The average Bonchev–Trinajstić information content (AvgIpc) is 3.14. The van der Waals surface area contributed by atoms with E-state index in [1.807, 2.05) is 15.9 Å². The van der Waals surface area contributed by atoms with E-state index >= 15 is 0 Å². The van der Waals surface area contributed by atoms with Crippen molar-refractivity contribution in [3.63, 3.8) is 0 Å². The van der Waals surface area contributed by atoms with Crippen LogP contribution < -0.4 is 5.32 Å². The Hall–Kier alpha value is -1.86. The minimum absolute atomic E-state index is 0.0652. The highest BCUT2D eigenvalue weighted by Crippen LogP contribution is 2.14. The molecule has 7 heteroatoms. The van der Waals surface area contributed by atoms with Crippen LogP contribution in [0.2, 0.25) is 0 Å². The van der Waals surface area contributed by atoms with Crippen LogP contribution >= 0.6 is 0 Å². The largest absolute Gasteiger partial charge is 0.467 e. The zero-order valence-electron chi connectivity index (χ0n) is 13.9. The highest BCUT2D eigenvalue weighted by Gasteiger charge is 2.31. The molecule has 7 nitrogen and oxygen atoms in total. The molecule has 0 aromatic carbocycles. The van der Waals surface area contributed by atoms with Crippen LogP contribution in [0, 0.1) is 0 Å². The fraction of sp³-hybridized carbons (Fsp3) is 0.647. The fourth-order valence-corrected chi connectivity index (χ4v) is 3.17. The molecule has 2 amide bonds. The quantitative estimate of drug-likeness (QED) is 0.853. The Morgan fingerprint density at radius 2 is 2.04 bits per heavy atom.